The van der Waals surface area contributed by atoms with Crippen LogP contribution in [0.15, 0.2) is 111 Å². The molecule has 8 heteroatoms. The molecule has 0 amide bonds. The lowest BCUT2D eigenvalue weighted by Crippen LogP contribution is -2.38. The largest absolute Gasteiger partial charge is 0.478 e. The molecule has 0 spiro atoms. The van der Waals surface area contributed by atoms with Crippen molar-refractivity contribution in [1.82, 2.24) is 9.80 Å². The average Bonchev–Trinajstić information content (AvgIpc) is 3.02. The molecule has 0 radical (unpaired) electrons. The summed E-state index contributed by atoms with van der Waals surface area (Å²) in [4.78, 5) is 44.8. The molecule has 1 aliphatic heterocycles. The molecule has 0 saturated heterocycles. The van der Waals surface area contributed by atoms with Crippen molar-refractivity contribution in [1.29, 1.82) is 0 Å². The average molecular weight is 621 g/mol. The van der Waals surface area contributed by atoms with Crippen molar-refractivity contribution in [3.8, 4) is 11.3 Å². The standard InChI is InChI=1S/C38H40N2O6/c1-23(2)45-38(44)32-26(5)40(21-20-39(6)22-27-14-9-7-10-15-27)25(4)31(37(42)43)33(32)29-18-13-19-30-34(41)24(3)35(46-36(29)30)28-16-11-8-12-17-28/h7-19,23,33H,20-22H2,1-6H3,(H,42,43). The molecule has 0 bridgehead atoms. The number of para-hydroxylation sites is 1. The number of hydrogen-bond acceptors (Lipinski definition) is 7. The number of allylic oxidation sites excluding steroid dienone is 2. The molecule has 1 N–H and O–H groups in total. The summed E-state index contributed by atoms with van der Waals surface area (Å²) in [5, 5.41) is 11.1. The molecular formula is C38H40N2O6. The molecule has 8 nitrogen and oxygen atoms in total. The van der Waals surface area contributed by atoms with E-state index in [-0.39, 0.29) is 22.2 Å². The summed E-state index contributed by atoms with van der Waals surface area (Å²) in [6.07, 6.45) is -0.433. The number of rotatable bonds is 10. The Morgan fingerprint density at radius 3 is 2.17 bits per heavy atom. The molecule has 3 aromatic carbocycles. The molecule has 1 aliphatic rings. The SMILES string of the molecule is CC1=C(C(=O)O)C(c2cccc3c(=O)c(C)c(-c4ccccc4)oc23)C(C(=O)OC(C)C)=C(C)N1CCN(C)Cc1ccccc1. The zero-order valence-electron chi connectivity index (χ0n) is 27.2. The van der Waals surface area contributed by atoms with Gasteiger partial charge >= 0.3 is 11.9 Å². The highest BCUT2D eigenvalue weighted by molar-refractivity contribution is 6.01. The van der Waals surface area contributed by atoms with Crippen LogP contribution in [0.4, 0.5) is 0 Å². The third-order valence-electron chi connectivity index (χ3n) is 8.48. The quantitative estimate of drug-likeness (QED) is 0.192. The maximum Gasteiger partial charge on any atom is 0.337 e. The van der Waals surface area contributed by atoms with Gasteiger partial charge in [-0.1, -0.05) is 72.8 Å². The molecule has 1 aromatic heterocycles. The Hall–Kier alpha value is -4.95. The van der Waals surface area contributed by atoms with Crippen LogP contribution in [0.2, 0.25) is 0 Å². The maximum absolute atomic E-state index is 13.9. The summed E-state index contributed by atoms with van der Waals surface area (Å²) in [6, 6.07) is 24.5. The Morgan fingerprint density at radius 1 is 0.913 bits per heavy atom. The van der Waals surface area contributed by atoms with Crippen LogP contribution < -0.4 is 5.43 Å². The summed E-state index contributed by atoms with van der Waals surface area (Å²) >= 11 is 0. The third-order valence-corrected chi connectivity index (χ3v) is 8.48. The van der Waals surface area contributed by atoms with E-state index in [4.69, 9.17) is 9.15 Å². The molecule has 4 aromatic rings. The van der Waals surface area contributed by atoms with Crippen LogP contribution in [0.3, 0.4) is 0 Å². The van der Waals surface area contributed by atoms with Crippen molar-refractivity contribution in [2.24, 2.45) is 0 Å². The first-order valence-corrected chi connectivity index (χ1v) is 15.5. The fourth-order valence-corrected chi connectivity index (χ4v) is 6.24. The van der Waals surface area contributed by atoms with Gasteiger partial charge < -0.3 is 24.1 Å². The lowest BCUT2D eigenvalue weighted by atomic mass is 9.79. The minimum atomic E-state index is -1.16. The first kappa shape index (κ1) is 32.4. The van der Waals surface area contributed by atoms with Gasteiger partial charge in [-0.05, 0) is 53.3 Å². The second-order valence-corrected chi connectivity index (χ2v) is 12.0. The molecule has 46 heavy (non-hydrogen) atoms. The van der Waals surface area contributed by atoms with Crippen LogP contribution in [-0.4, -0.2) is 53.1 Å². The lowest BCUT2D eigenvalue weighted by Gasteiger charge is -2.38. The predicted molar refractivity (Wildman–Crippen MR) is 179 cm³/mol. The van der Waals surface area contributed by atoms with Crippen molar-refractivity contribution < 1.29 is 23.8 Å². The van der Waals surface area contributed by atoms with E-state index in [9.17, 15) is 19.5 Å². The predicted octanol–water partition coefficient (Wildman–Crippen LogP) is 6.88. The van der Waals surface area contributed by atoms with Crippen LogP contribution in [0.25, 0.3) is 22.3 Å². The topological polar surface area (TPSA) is 100 Å². The first-order valence-electron chi connectivity index (χ1n) is 15.5. The minimum Gasteiger partial charge on any atom is -0.478 e. The van der Waals surface area contributed by atoms with Gasteiger partial charge in [0.05, 0.1) is 28.6 Å². The van der Waals surface area contributed by atoms with Gasteiger partial charge in [0.25, 0.3) is 0 Å². The number of carbonyl (C=O) groups is 2. The van der Waals surface area contributed by atoms with Crippen molar-refractivity contribution in [3.63, 3.8) is 0 Å². The van der Waals surface area contributed by atoms with Crippen molar-refractivity contribution in [2.45, 2.75) is 53.2 Å². The Morgan fingerprint density at radius 2 is 1.54 bits per heavy atom. The number of benzene rings is 3. The highest BCUT2D eigenvalue weighted by atomic mass is 16.5. The normalized spacial score (nSPS) is 15.3. The molecule has 0 aliphatic carbocycles. The van der Waals surface area contributed by atoms with E-state index in [0.717, 1.165) is 12.1 Å². The summed E-state index contributed by atoms with van der Waals surface area (Å²) in [5.74, 6) is -2.42. The van der Waals surface area contributed by atoms with Gasteiger partial charge in [-0.3, -0.25) is 4.79 Å². The highest BCUT2D eigenvalue weighted by Gasteiger charge is 2.41. The first-order chi connectivity index (χ1) is 22.0. The molecule has 1 atom stereocenters. The molecule has 238 valence electrons. The van der Waals surface area contributed by atoms with Gasteiger partial charge in [0.2, 0.25) is 0 Å². The van der Waals surface area contributed by atoms with Gasteiger partial charge in [-0.2, -0.15) is 0 Å². The Bertz CT molecular complexity index is 1890. The van der Waals surface area contributed by atoms with Crippen LogP contribution in [-0.2, 0) is 20.9 Å². The van der Waals surface area contributed by atoms with E-state index in [1.165, 1.54) is 5.56 Å². The number of ether oxygens (including phenoxy) is 1. The van der Waals surface area contributed by atoms with Gasteiger partial charge in [0, 0.05) is 47.7 Å². The van der Waals surface area contributed by atoms with Gasteiger partial charge in [-0.25, -0.2) is 9.59 Å². The van der Waals surface area contributed by atoms with Gasteiger partial charge in [0.15, 0.2) is 5.43 Å². The van der Waals surface area contributed by atoms with Crippen LogP contribution in [0.5, 0.6) is 0 Å². The smallest absolute Gasteiger partial charge is 0.337 e. The molecule has 1 unspecified atom stereocenters. The van der Waals surface area contributed by atoms with Crippen LogP contribution >= 0.6 is 0 Å². The van der Waals surface area contributed by atoms with Gasteiger partial charge in [0.1, 0.15) is 11.3 Å². The second-order valence-electron chi connectivity index (χ2n) is 12.0. The third kappa shape index (κ3) is 6.39. The second kappa shape index (κ2) is 13.6. The molecule has 5 rings (SSSR count). The summed E-state index contributed by atoms with van der Waals surface area (Å²) < 4.78 is 12.2. The van der Waals surface area contributed by atoms with Crippen molar-refractivity contribution in [2.75, 3.05) is 20.1 Å². The number of esters is 1. The number of likely N-dealkylation sites (N-methyl/N-ethyl adjacent to an activating group) is 1. The van der Waals surface area contributed by atoms with E-state index in [1.54, 1.807) is 45.9 Å². The van der Waals surface area contributed by atoms with Crippen molar-refractivity contribution in [3.05, 3.63) is 128 Å². The van der Waals surface area contributed by atoms with E-state index in [1.807, 2.05) is 67.4 Å². The number of carboxylic acids is 1. The molecule has 2 heterocycles. The monoisotopic (exact) mass is 620 g/mol. The summed E-state index contributed by atoms with van der Waals surface area (Å²) in [6.45, 7) is 10.6. The summed E-state index contributed by atoms with van der Waals surface area (Å²) in [7, 11) is 2.01. The van der Waals surface area contributed by atoms with E-state index >= 15 is 0 Å². The van der Waals surface area contributed by atoms with E-state index in [0.29, 0.717) is 46.8 Å². The Balaban J connectivity index is 1.67. The minimum absolute atomic E-state index is 0.0315. The number of nitrogens with zero attached hydrogens (tertiary/aromatic N) is 2. The van der Waals surface area contributed by atoms with E-state index < -0.39 is 24.0 Å². The number of fused-ring (bicyclic) bond motifs is 1. The Kier molecular flexibility index (Phi) is 9.58. The van der Waals surface area contributed by atoms with Gasteiger partial charge in [-0.15, -0.1) is 0 Å². The number of carbonyl (C=O) groups excluding carboxylic acids is 1. The molecule has 0 saturated carbocycles. The maximum atomic E-state index is 13.9. The van der Waals surface area contributed by atoms with Crippen LogP contribution in [0.1, 0.15) is 50.3 Å². The zero-order chi connectivity index (χ0) is 33.1. The number of hydrogen-bond donors (Lipinski definition) is 1. The highest BCUT2D eigenvalue weighted by Crippen LogP contribution is 2.45. The zero-order valence-corrected chi connectivity index (χ0v) is 27.2. The Labute approximate surface area is 269 Å². The summed E-state index contributed by atoms with van der Waals surface area (Å²) in [5.41, 5.74) is 4.12. The fourth-order valence-electron chi connectivity index (χ4n) is 6.24. The van der Waals surface area contributed by atoms with Crippen molar-refractivity contribution >= 4 is 22.9 Å². The van der Waals surface area contributed by atoms with Crippen LogP contribution in [0, 0.1) is 6.92 Å². The number of aliphatic carboxylic acids is 1. The fraction of sp³-hybridized carbons (Fsp3) is 0.289. The lowest BCUT2D eigenvalue weighted by molar-refractivity contribution is -0.143. The number of carboxylic acid groups (broad SMARTS) is 1. The molecule has 0 fully saturated rings. The van der Waals surface area contributed by atoms with E-state index in [2.05, 4.69) is 17.0 Å². The molecular weight excluding hydrogens is 580 g/mol.